The third-order valence-electron chi connectivity index (χ3n) is 4.61. The summed E-state index contributed by atoms with van der Waals surface area (Å²) in [5.74, 6) is -1.95. The van der Waals surface area contributed by atoms with Crippen molar-refractivity contribution in [3.05, 3.63) is 46.3 Å². The molecule has 0 atom stereocenters. The number of rotatable bonds is 3. The van der Waals surface area contributed by atoms with E-state index in [1.54, 1.807) is 28.4 Å². The lowest BCUT2D eigenvalue weighted by Gasteiger charge is -2.20. The second-order valence-corrected chi connectivity index (χ2v) is 9.52. The average molecular weight is 526 g/mol. The molecule has 1 amide bonds. The topological polar surface area (TPSA) is 102 Å². The molecule has 3 N–H and O–H groups in total. The van der Waals surface area contributed by atoms with Crippen molar-refractivity contribution in [1.29, 1.82) is 5.26 Å². The van der Waals surface area contributed by atoms with Crippen LogP contribution in [0.4, 0.5) is 24.7 Å². The predicted molar refractivity (Wildman–Crippen MR) is 139 cm³/mol. The summed E-state index contributed by atoms with van der Waals surface area (Å²) in [6.07, 6.45) is 2.66. The van der Waals surface area contributed by atoms with E-state index >= 15 is 0 Å². The maximum absolute atomic E-state index is 12.4. The molecule has 0 saturated heterocycles. The number of carbonyl (C=O) groups excluding carboxylic acids is 1. The van der Waals surface area contributed by atoms with Gasteiger partial charge < -0.3 is 15.7 Å². The molecule has 0 aliphatic heterocycles. The highest BCUT2D eigenvalue weighted by atomic mass is 32.1. The Morgan fingerprint density at radius 1 is 1.14 bits per heavy atom. The van der Waals surface area contributed by atoms with Crippen LogP contribution in [0.25, 0.3) is 5.52 Å². The minimum Gasteiger partial charge on any atom is -0.400 e. The summed E-state index contributed by atoms with van der Waals surface area (Å²) in [6.45, 7) is 4.56. The fourth-order valence-corrected chi connectivity index (χ4v) is 3.73. The fourth-order valence-electron chi connectivity index (χ4n) is 3.03. The van der Waals surface area contributed by atoms with Crippen LogP contribution in [0, 0.1) is 11.3 Å². The van der Waals surface area contributed by atoms with Crippen molar-refractivity contribution in [2.75, 3.05) is 24.8 Å². The number of aromatic nitrogens is 2. The van der Waals surface area contributed by atoms with E-state index in [1.807, 2.05) is 24.3 Å². The zero-order chi connectivity index (χ0) is 27.4. The van der Waals surface area contributed by atoms with Crippen molar-refractivity contribution < 1.29 is 23.1 Å². The smallest absolute Gasteiger partial charge is 0.274 e. The summed E-state index contributed by atoms with van der Waals surface area (Å²) in [7, 11) is 2.77. The molecule has 0 radical (unpaired) electrons. The zero-order valence-corrected chi connectivity index (χ0v) is 22.1. The summed E-state index contributed by atoms with van der Waals surface area (Å²) in [5, 5.41) is 29.4. The normalized spacial score (nSPS) is 14.0. The van der Waals surface area contributed by atoms with Crippen LogP contribution in [0.5, 0.6) is 0 Å². The van der Waals surface area contributed by atoms with E-state index in [0.29, 0.717) is 35.6 Å². The number of aliphatic hydroxyl groups is 1. The molecule has 1 fully saturated rings. The van der Waals surface area contributed by atoms with Crippen LogP contribution >= 0.6 is 11.3 Å². The van der Waals surface area contributed by atoms with E-state index in [-0.39, 0.29) is 18.7 Å². The Morgan fingerprint density at radius 3 is 2.22 bits per heavy atom. The first-order valence-corrected chi connectivity index (χ1v) is 12.3. The molecule has 11 heteroatoms. The Balaban J connectivity index is 0.000000356. The number of hydrogen-bond donors (Lipinski definition) is 3. The highest BCUT2D eigenvalue weighted by molar-refractivity contribution is 7.08. The number of aliphatic hydroxyl groups excluding tert-OH is 1. The van der Waals surface area contributed by atoms with Crippen molar-refractivity contribution in [3.63, 3.8) is 0 Å². The molecule has 1 aliphatic carbocycles. The van der Waals surface area contributed by atoms with Crippen molar-refractivity contribution >= 4 is 34.3 Å². The Bertz CT molecular complexity index is 1120. The number of fused-ring (bicyclic) bond motifs is 1. The van der Waals surface area contributed by atoms with E-state index in [4.69, 9.17) is 10.4 Å². The molecule has 1 aliphatic rings. The molecule has 198 valence electrons. The van der Waals surface area contributed by atoms with Gasteiger partial charge in [0.1, 0.15) is 23.2 Å². The molecule has 3 aromatic rings. The molecule has 0 aromatic carbocycles. The molecular weight excluding hydrogens is 491 g/mol. The molecule has 36 heavy (non-hydrogen) atoms. The second kappa shape index (κ2) is 14.5. The van der Waals surface area contributed by atoms with Crippen molar-refractivity contribution in [2.45, 2.75) is 64.5 Å². The van der Waals surface area contributed by atoms with Gasteiger partial charge in [-0.15, -0.1) is 16.4 Å². The first-order valence-electron chi connectivity index (χ1n) is 11.4. The second-order valence-electron chi connectivity index (χ2n) is 8.77. The van der Waals surface area contributed by atoms with Crippen LogP contribution in [0.3, 0.4) is 0 Å². The van der Waals surface area contributed by atoms with Crippen LogP contribution in [-0.4, -0.2) is 46.4 Å². The van der Waals surface area contributed by atoms with Gasteiger partial charge in [0.05, 0.1) is 16.8 Å². The molecule has 0 spiro atoms. The average Bonchev–Trinajstić information content (AvgIpc) is 3.45. The SMILES string of the molecule is CC(C)(C)F.CNc1ccc2ccc(C(=O)Nc3cscc3C#N)n2n1.CO.FC1(F)CCCCC1. The lowest BCUT2D eigenvalue weighted by atomic mass is 9.97. The zero-order valence-electron chi connectivity index (χ0n) is 21.2. The van der Waals surface area contributed by atoms with Crippen LogP contribution < -0.4 is 10.6 Å². The van der Waals surface area contributed by atoms with Crippen LogP contribution in [0.2, 0.25) is 0 Å². The first-order chi connectivity index (χ1) is 16.9. The molecule has 1 saturated carbocycles. The molecular formula is C25H34F3N5O2S. The van der Waals surface area contributed by atoms with Gasteiger partial charge in [0.2, 0.25) is 5.92 Å². The molecule has 3 aromatic heterocycles. The lowest BCUT2D eigenvalue weighted by Crippen LogP contribution is -2.18. The van der Waals surface area contributed by atoms with Crippen molar-refractivity contribution in [2.24, 2.45) is 0 Å². The van der Waals surface area contributed by atoms with Gasteiger partial charge in [0.25, 0.3) is 5.91 Å². The standard InChI is InChI=1S/C14H11N5OS.C6H10F2.C4H9F.CH4O/c1-16-13-5-3-10-2-4-12(19(10)18-13)14(20)17-11-8-21-7-9(11)6-15;7-6(8)4-2-1-3-5-6;1-4(2,3)5;1-2/h2-5,7-8H,1H3,(H,16,18)(H,17,20);1-5H2;1-3H3;2H,1H3. The van der Waals surface area contributed by atoms with E-state index in [2.05, 4.69) is 15.7 Å². The Hall–Kier alpha value is -3.10. The van der Waals surface area contributed by atoms with E-state index in [9.17, 15) is 18.0 Å². The summed E-state index contributed by atoms with van der Waals surface area (Å²) in [5.41, 5.74) is 1.22. The van der Waals surface area contributed by atoms with Crippen LogP contribution in [-0.2, 0) is 0 Å². The van der Waals surface area contributed by atoms with Gasteiger partial charge in [-0.1, -0.05) is 6.42 Å². The number of nitriles is 1. The third-order valence-corrected chi connectivity index (χ3v) is 5.35. The minimum absolute atomic E-state index is 0.118. The monoisotopic (exact) mass is 525 g/mol. The van der Waals surface area contributed by atoms with Gasteiger partial charge in [-0.2, -0.15) is 5.26 Å². The molecule has 0 bridgehead atoms. The number of anilines is 2. The number of halogens is 3. The highest BCUT2D eigenvalue weighted by Gasteiger charge is 2.30. The van der Waals surface area contributed by atoms with Gasteiger partial charge >= 0.3 is 0 Å². The quantitative estimate of drug-likeness (QED) is 0.362. The molecule has 3 heterocycles. The summed E-state index contributed by atoms with van der Waals surface area (Å²) < 4.78 is 37.7. The Morgan fingerprint density at radius 2 is 1.72 bits per heavy atom. The number of hydrogen-bond acceptors (Lipinski definition) is 6. The number of thiophene rings is 1. The number of amides is 1. The summed E-state index contributed by atoms with van der Waals surface area (Å²) >= 11 is 1.37. The molecule has 7 nitrogen and oxygen atoms in total. The molecule has 0 unspecified atom stereocenters. The molecule has 4 rings (SSSR count). The third kappa shape index (κ3) is 10.7. The van der Waals surface area contributed by atoms with Crippen LogP contribution in [0.1, 0.15) is 68.9 Å². The van der Waals surface area contributed by atoms with Crippen LogP contribution in [0.15, 0.2) is 35.0 Å². The highest BCUT2D eigenvalue weighted by Crippen LogP contribution is 2.32. The van der Waals surface area contributed by atoms with Crippen molar-refractivity contribution in [3.8, 4) is 6.07 Å². The van der Waals surface area contributed by atoms with E-state index in [0.717, 1.165) is 19.0 Å². The van der Waals surface area contributed by atoms with Gasteiger partial charge in [-0.25, -0.2) is 17.7 Å². The minimum atomic E-state index is -2.32. The lowest BCUT2D eigenvalue weighted by molar-refractivity contribution is -0.0337. The van der Waals surface area contributed by atoms with Gasteiger partial charge in [-0.05, 0) is 57.9 Å². The van der Waals surface area contributed by atoms with E-state index < -0.39 is 11.6 Å². The Labute approximate surface area is 214 Å². The maximum atomic E-state index is 12.4. The number of carbonyl (C=O) groups is 1. The summed E-state index contributed by atoms with van der Waals surface area (Å²) in [4.78, 5) is 12.4. The number of alkyl halides is 3. The summed E-state index contributed by atoms with van der Waals surface area (Å²) in [6, 6.07) is 9.28. The van der Waals surface area contributed by atoms with Gasteiger partial charge in [0.15, 0.2) is 0 Å². The van der Waals surface area contributed by atoms with Crippen molar-refractivity contribution in [1.82, 2.24) is 9.61 Å². The maximum Gasteiger partial charge on any atom is 0.274 e. The van der Waals surface area contributed by atoms with Gasteiger partial charge in [0, 0.05) is 37.8 Å². The predicted octanol–water partition coefficient (Wildman–Crippen LogP) is 6.51. The fraction of sp³-hybridized carbons (Fsp3) is 0.480. The largest absolute Gasteiger partial charge is 0.400 e. The number of nitrogens with zero attached hydrogens (tertiary/aromatic N) is 3. The first kappa shape index (κ1) is 30.9. The van der Waals surface area contributed by atoms with Gasteiger partial charge in [-0.3, -0.25) is 4.79 Å². The number of nitrogens with one attached hydrogen (secondary N) is 2. The van der Waals surface area contributed by atoms with E-state index in [1.165, 1.54) is 32.1 Å². The Kier molecular flexibility index (Phi) is 12.4.